The van der Waals surface area contributed by atoms with Crippen molar-refractivity contribution in [3.63, 3.8) is 0 Å². The molecule has 25 heavy (non-hydrogen) atoms. The van der Waals surface area contributed by atoms with Gasteiger partial charge in [0.2, 0.25) is 0 Å². The van der Waals surface area contributed by atoms with E-state index < -0.39 is 0 Å². The molecule has 0 spiro atoms. The Hall–Kier alpha value is -2.26. The van der Waals surface area contributed by atoms with Gasteiger partial charge in [-0.2, -0.15) is 0 Å². The smallest absolute Gasteiger partial charge is 0.123 e. The first kappa shape index (κ1) is 19.1. The number of hydrogen-bond acceptors (Lipinski definition) is 2. The Morgan fingerprint density at radius 2 is 1.88 bits per heavy atom. The quantitative estimate of drug-likeness (QED) is 0.594. The highest BCUT2D eigenvalue weighted by atomic mass is 19.1. The van der Waals surface area contributed by atoms with Gasteiger partial charge in [-0.15, -0.1) is 0 Å². The van der Waals surface area contributed by atoms with E-state index in [0.717, 1.165) is 42.0 Å². The van der Waals surface area contributed by atoms with Gasteiger partial charge in [0.1, 0.15) is 5.82 Å². The van der Waals surface area contributed by atoms with Gasteiger partial charge in [-0.1, -0.05) is 37.8 Å². The van der Waals surface area contributed by atoms with Gasteiger partial charge in [0, 0.05) is 12.1 Å². The summed E-state index contributed by atoms with van der Waals surface area (Å²) in [5.74, 6) is -0.242. The van der Waals surface area contributed by atoms with E-state index in [1.165, 1.54) is 24.1 Å². The molecule has 0 aliphatic rings. The number of nitrogens with zero attached hydrogens (tertiary/aromatic N) is 2. The molecule has 132 valence electrons. The number of likely N-dealkylation sites (N-methyl/N-ethyl adjacent to an activating group) is 1. The van der Waals surface area contributed by atoms with Crippen LogP contribution in [-0.4, -0.2) is 30.7 Å². The van der Waals surface area contributed by atoms with Crippen LogP contribution in [0, 0.1) is 12.7 Å². The summed E-state index contributed by atoms with van der Waals surface area (Å²) in [4.78, 5) is 6.99. The summed E-state index contributed by atoms with van der Waals surface area (Å²) in [6.45, 7) is 10.1. The molecule has 0 amide bonds. The largest absolute Gasteiger partial charge is 0.306 e. The number of allylic oxidation sites excluding steroid dienone is 1. The zero-order valence-corrected chi connectivity index (χ0v) is 15.4. The Balaban J connectivity index is 2.13. The van der Waals surface area contributed by atoms with Crippen molar-refractivity contribution in [1.29, 1.82) is 0 Å². The van der Waals surface area contributed by atoms with Crippen LogP contribution in [0.25, 0.3) is 0 Å². The first-order chi connectivity index (χ1) is 12.0. The van der Waals surface area contributed by atoms with Crippen molar-refractivity contribution in [3.05, 3.63) is 77.6 Å². The number of aryl methyl sites for hydroxylation is 1. The van der Waals surface area contributed by atoms with Crippen LogP contribution in [0.2, 0.25) is 0 Å². The van der Waals surface area contributed by atoms with E-state index in [1.807, 2.05) is 6.92 Å². The lowest BCUT2D eigenvalue weighted by atomic mass is 10.0. The first-order valence-electron chi connectivity index (χ1n) is 8.78. The Kier molecular flexibility index (Phi) is 7.08. The van der Waals surface area contributed by atoms with Crippen LogP contribution in [-0.2, 0) is 6.42 Å². The van der Waals surface area contributed by atoms with Crippen molar-refractivity contribution in [2.75, 3.05) is 20.1 Å². The minimum atomic E-state index is -0.242. The second kappa shape index (κ2) is 9.28. The van der Waals surface area contributed by atoms with Crippen molar-refractivity contribution in [3.8, 4) is 0 Å². The van der Waals surface area contributed by atoms with Gasteiger partial charge < -0.3 is 4.90 Å². The van der Waals surface area contributed by atoms with Crippen LogP contribution in [0.1, 0.15) is 30.0 Å². The average Bonchev–Trinajstić information content (AvgIpc) is 2.60. The average molecular weight is 338 g/mol. The predicted octanol–water partition coefficient (Wildman–Crippen LogP) is 5.33. The third kappa shape index (κ3) is 5.64. The van der Waals surface area contributed by atoms with Crippen molar-refractivity contribution < 1.29 is 4.39 Å². The molecule has 3 heteroatoms. The molecule has 0 radical (unpaired) electrons. The molecule has 2 rings (SSSR count). The van der Waals surface area contributed by atoms with Crippen molar-refractivity contribution in [2.45, 2.75) is 26.7 Å². The number of hydrogen-bond donors (Lipinski definition) is 0. The second-order valence-electron chi connectivity index (χ2n) is 6.38. The van der Waals surface area contributed by atoms with Crippen LogP contribution in [0.5, 0.6) is 0 Å². The monoisotopic (exact) mass is 338 g/mol. The highest BCUT2D eigenvalue weighted by Gasteiger charge is 2.04. The maximum Gasteiger partial charge on any atom is 0.123 e. The lowest BCUT2D eigenvalue weighted by Crippen LogP contribution is -2.21. The van der Waals surface area contributed by atoms with E-state index >= 15 is 0 Å². The minimum Gasteiger partial charge on any atom is -0.306 e. The molecule has 0 aliphatic carbocycles. The molecule has 0 saturated carbocycles. The minimum absolute atomic E-state index is 0.242. The Bertz CT molecular complexity index is 732. The van der Waals surface area contributed by atoms with Crippen LogP contribution in [0.3, 0.4) is 0 Å². The summed E-state index contributed by atoms with van der Waals surface area (Å²) in [7, 11) is 2.16. The molecule has 0 bridgehead atoms. The normalized spacial score (nSPS) is 11.8. The number of benzene rings is 2. The van der Waals surface area contributed by atoms with Gasteiger partial charge in [0.05, 0.1) is 11.4 Å². The van der Waals surface area contributed by atoms with Crippen molar-refractivity contribution in [2.24, 2.45) is 4.99 Å². The molecule has 0 saturated heterocycles. The maximum atomic E-state index is 13.2. The molecule has 2 nitrogen and oxygen atoms in total. The topological polar surface area (TPSA) is 15.6 Å². The van der Waals surface area contributed by atoms with E-state index in [1.54, 1.807) is 12.1 Å². The van der Waals surface area contributed by atoms with E-state index in [0.29, 0.717) is 0 Å². The molecule has 0 aliphatic heterocycles. The third-order valence-corrected chi connectivity index (χ3v) is 4.23. The molecule has 0 aromatic heterocycles. The van der Waals surface area contributed by atoms with E-state index in [9.17, 15) is 4.39 Å². The van der Waals surface area contributed by atoms with Gasteiger partial charge >= 0.3 is 0 Å². The lowest BCUT2D eigenvalue weighted by molar-refractivity contribution is 0.339. The SMILES string of the molecule is C=CC(=Nc1ccc(F)cc1C)c1ccc(CCN(C)CCC)cc1. The summed E-state index contributed by atoms with van der Waals surface area (Å²) in [5.41, 5.74) is 4.71. The van der Waals surface area contributed by atoms with Crippen LogP contribution >= 0.6 is 0 Å². The molecule has 0 heterocycles. The fraction of sp³-hybridized carbons (Fsp3) is 0.318. The van der Waals surface area contributed by atoms with E-state index in [-0.39, 0.29) is 5.82 Å². The highest BCUT2D eigenvalue weighted by Crippen LogP contribution is 2.21. The number of halogens is 1. The molecule has 0 unspecified atom stereocenters. The van der Waals surface area contributed by atoms with Crippen LogP contribution in [0.4, 0.5) is 10.1 Å². The van der Waals surface area contributed by atoms with Crippen LogP contribution in [0.15, 0.2) is 60.1 Å². The van der Waals surface area contributed by atoms with Gasteiger partial charge in [0.25, 0.3) is 0 Å². The Labute approximate surface area is 150 Å². The summed E-state index contributed by atoms with van der Waals surface area (Å²) in [6, 6.07) is 13.1. The first-order valence-corrected chi connectivity index (χ1v) is 8.78. The number of aliphatic imine (C=N–C) groups is 1. The second-order valence-corrected chi connectivity index (χ2v) is 6.38. The zero-order chi connectivity index (χ0) is 18.2. The zero-order valence-electron chi connectivity index (χ0n) is 15.4. The number of rotatable bonds is 8. The van der Waals surface area contributed by atoms with E-state index in [4.69, 9.17) is 0 Å². The summed E-state index contributed by atoms with van der Waals surface area (Å²) in [5, 5.41) is 0. The third-order valence-electron chi connectivity index (χ3n) is 4.23. The molecule has 0 atom stereocenters. The Morgan fingerprint density at radius 1 is 1.16 bits per heavy atom. The molecule has 2 aromatic rings. The molecule has 0 N–H and O–H groups in total. The van der Waals surface area contributed by atoms with Gasteiger partial charge in [-0.3, -0.25) is 0 Å². The molecular weight excluding hydrogens is 311 g/mol. The van der Waals surface area contributed by atoms with Crippen molar-refractivity contribution in [1.82, 2.24) is 4.90 Å². The standard InChI is InChI=1S/C22H27FN2/c1-5-14-25(4)15-13-18-7-9-19(10-8-18)21(6-2)24-22-12-11-20(23)16-17(22)3/h6-12,16H,2,5,13-15H2,1,3-4H3. The van der Waals surface area contributed by atoms with Gasteiger partial charge in [-0.05, 0) is 68.8 Å². The summed E-state index contributed by atoms with van der Waals surface area (Å²) in [6.07, 6.45) is 3.96. The van der Waals surface area contributed by atoms with Gasteiger partial charge in [0.15, 0.2) is 0 Å². The Morgan fingerprint density at radius 3 is 2.48 bits per heavy atom. The fourth-order valence-electron chi connectivity index (χ4n) is 2.76. The fourth-order valence-corrected chi connectivity index (χ4v) is 2.76. The molecule has 2 aromatic carbocycles. The van der Waals surface area contributed by atoms with Crippen molar-refractivity contribution >= 4 is 11.4 Å². The van der Waals surface area contributed by atoms with Gasteiger partial charge in [-0.25, -0.2) is 9.38 Å². The molecular formula is C22H27FN2. The summed E-state index contributed by atoms with van der Waals surface area (Å²) >= 11 is 0. The highest BCUT2D eigenvalue weighted by molar-refractivity contribution is 6.09. The van der Waals surface area contributed by atoms with Crippen LogP contribution < -0.4 is 0 Å². The predicted molar refractivity (Wildman–Crippen MR) is 105 cm³/mol. The van der Waals surface area contributed by atoms with E-state index in [2.05, 4.69) is 54.7 Å². The lowest BCUT2D eigenvalue weighted by Gasteiger charge is -2.15. The molecule has 0 fully saturated rings. The maximum absolute atomic E-state index is 13.2. The summed E-state index contributed by atoms with van der Waals surface area (Å²) < 4.78 is 13.2.